The lowest BCUT2D eigenvalue weighted by molar-refractivity contribution is -0.191. The predicted octanol–water partition coefficient (Wildman–Crippen LogP) is 5.20. The smallest absolute Gasteiger partial charge is 0.387 e. The van der Waals surface area contributed by atoms with Gasteiger partial charge in [0.1, 0.15) is 5.75 Å². The monoisotopic (exact) mass is 478 g/mol. The van der Waals surface area contributed by atoms with Gasteiger partial charge >= 0.3 is 12.8 Å². The molecule has 1 aliphatic carbocycles. The number of rotatable bonds is 6. The molecule has 0 radical (unpaired) electrons. The van der Waals surface area contributed by atoms with Crippen LogP contribution in [-0.2, 0) is 28.2 Å². The normalized spacial score (nSPS) is 16.8. The molecule has 11 heteroatoms. The Bertz CT molecular complexity index is 965. The maximum atomic E-state index is 13.5. The van der Waals surface area contributed by atoms with E-state index in [-0.39, 0.29) is 30.3 Å². The minimum atomic E-state index is -3.10. The van der Waals surface area contributed by atoms with E-state index in [4.69, 9.17) is 25.9 Å². The average molecular weight is 479 g/mol. The number of ether oxygens (including phenoxy) is 1. The number of halogens is 5. The van der Waals surface area contributed by atoms with Gasteiger partial charge in [-0.15, -0.1) is 0 Å². The Labute approximate surface area is 187 Å². The maximum Gasteiger partial charge on any atom is 0.387 e. The Morgan fingerprint density at radius 2 is 1.81 bits per heavy atom. The molecular formula is C21H23ClF4N2O4. The van der Waals surface area contributed by atoms with E-state index >= 15 is 0 Å². The summed E-state index contributed by atoms with van der Waals surface area (Å²) in [6, 6.07) is 4.36. The second-order valence-electron chi connectivity index (χ2n) is 7.34. The summed E-state index contributed by atoms with van der Waals surface area (Å²) in [4.78, 5) is 16.2. The van der Waals surface area contributed by atoms with Gasteiger partial charge in [0.05, 0.1) is 22.0 Å². The van der Waals surface area contributed by atoms with Crippen molar-refractivity contribution in [3.63, 3.8) is 0 Å². The summed E-state index contributed by atoms with van der Waals surface area (Å²) in [7, 11) is 0. The Balaban J connectivity index is 0.00000114. The standard InChI is InChI=1S/C20H23ClF4N2O2.CO2/c1-3-14-16(21)17(27(4-2)26-14)13-6-5-12(11-15(13)29-18(22)23)19(28)7-9-20(24,25)10-8-19;2-1-3/h5-6,11,18,28H,3-4,7-10H2,1-2H3;. The Hall–Kier alpha value is -2.42. The highest BCUT2D eigenvalue weighted by molar-refractivity contribution is 6.33. The summed E-state index contributed by atoms with van der Waals surface area (Å²) in [5, 5.41) is 15.6. The second kappa shape index (κ2) is 10.5. The van der Waals surface area contributed by atoms with Gasteiger partial charge in [-0.1, -0.05) is 24.6 Å². The van der Waals surface area contributed by atoms with Gasteiger partial charge in [-0.05, 0) is 43.9 Å². The number of hydrogen-bond donors (Lipinski definition) is 1. The first-order valence-corrected chi connectivity index (χ1v) is 10.3. The molecule has 0 bridgehead atoms. The molecule has 1 saturated carbocycles. The van der Waals surface area contributed by atoms with Crippen LogP contribution in [0.3, 0.4) is 0 Å². The summed E-state index contributed by atoms with van der Waals surface area (Å²) < 4.78 is 59.5. The molecule has 176 valence electrons. The number of carbonyl (C=O) groups excluding carboxylic acids is 2. The molecule has 0 aliphatic heterocycles. The van der Waals surface area contributed by atoms with Gasteiger partial charge in [0.2, 0.25) is 5.92 Å². The van der Waals surface area contributed by atoms with E-state index < -0.39 is 31.0 Å². The van der Waals surface area contributed by atoms with Gasteiger partial charge < -0.3 is 9.84 Å². The third kappa shape index (κ3) is 5.68. The number of aromatic nitrogens is 2. The highest BCUT2D eigenvalue weighted by Gasteiger charge is 2.43. The Kier molecular flexibility index (Phi) is 8.45. The zero-order valence-electron chi connectivity index (χ0n) is 17.5. The Morgan fingerprint density at radius 1 is 1.22 bits per heavy atom. The summed E-state index contributed by atoms with van der Waals surface area (Å²) in [5.41, 5.74) is 0.114. The summed E-state index contributed by atoms with van der Waals surface area (Å²) in [6.45, 7) is 1.09. The zero-order chi connectivity index (χ0) is 24.1. The zero-order valence-corrected chi connectivity index (χ0v) is 18.3. The lowest BCUT2D eigenvalue weighted by Crippen LogP contribution is -2.36. The number of benzene rings is 1. The Morgan fingerprint density at radius 3 is 2.31 bits per heavy atom. The summed E-state index contributed by atoms with van der Waals surface area (Å²) >= 11 is 6.44. The van der Waals surface area contributed by atoms with Gasteiger partial charge in [-0.25, -0.2) is 8.78 Å². The van der Waals surface area contributed by atoms with Crippen LogP contribution < -0.4 is 4.74 Å². The molecule has 3 rings (SSSR count). The fourth-order valence-corrected chi connectivity index (χ4v) is 4.09. The molecule has 1 fully saturated rings. The van der Waals surface area contributed by atoms with Crippen LogP contribution in [0.5, 0.6) is 5.75 Å². The van der Waals surface area contributed by atoms with E-state index in [1.54, 1.807) is 10.7 Å². The van der Waals surface area contributed by atoms with Crippen LogP contribution in [0, 0.1) is 0 Å². The molecule has 1 heterocycles. The van der Waals surface area contributed by atoms with Crippen molar-refractivity contribution >= 4 is 17.8 Å². The molecular weight excluding hydrogens is 456 g/mol. The highest BCUT2D eigenvalue weighted by Crippen LogP contribution is 2.46. The van der Waals surface area contributed by atoms with Crippen molar-refractivity contribution < 1.29 is 37.0 Å². The van der Waals surface area contributed by atoms with Crippen LogP contribution in [0.15, 0.2) is 18.2 Å². The average Bonchev–Trinajstić information content (AvgIpc) is 3.06. The molecule has 1 aromatic carbocycles. The number of aryl methyl sites for hydroxylation is 2. The van der Waals surface area contributed by atoms with Gasteiger partial charge in [0, 0.05) is 24.9 Å². The molecule has 6 nitrogen and oxygen atoms in total. The van der Waals surface area contributed by atoms with E-state index in [0.29, 0.717) is 34.9 Å². The number of alkyl halides is 4. The molecule has 0 spiro atoms. The fraction of sp³-hybridized carbons (Fsp3) is 0.524. The lowest BCUT2D eigenvalue weighted by Gasteiger charge is -2.36. The third-order valence-electron chi connectivity index (χ3n) is 5.39. The first-order valence-electron chi connectivity index (χ1n) is 9.96. The summed E-state index contributed by atoms with van der Waals surface area (Å²) in [5.74, 6) is -3.01. The molecule has 1 N–H and O–H groups in total. The van der Waals surface area contributed by atoms with Crippen LogP contribution in [0.1, 0.15) is 50.8 Å². The van der Waals surface area contributed by atoms with Gasteiger partial charge in [-0.3, -0.25) is 4.68 Å². The largest absolute Gasteiger partial charge is 0.434 e. The highest BCUT2D eigenvalue weighted by atomic mass is 35.5. The molecule has 0 atom stereocenters. The summed E-state index contributed by atoms with van der Waals surface area (Å²) in [6.07, 6.45) is -0.451. The first-order chi connectivity index (χ1) is 15.0. The molecule has 1 aliphatic rings. The van der Waals surface area contributed by atoms with E-state index in [1.165, 1.54) is 12.1 Å². The van der Waals surface area contributed by atoms with Crippen LogP contribution in [-0.4, -0.2) is 33.6 Å². The quantitative estimate of drug-likeness (QED) is 0.577. The van der Waals surface area contributed by atoms with Crippen molar-refractivity contribution in [2.45, 2.75) is 70.6 Å². The minimum absolute atomic E-state index is 0.166. The van der Waals surface area contributed by atoms with Crippen molar-refractivity contribution in [1.29, 1.82) is 0 Å². The third-order valence-corrected chi connectivity index (χ3v) is 5.79. The molecule has 0 saturated heterocycles. The van der Waals surface area contributed by atoms with Crippen molar-refractivity contribution in [3.05, 3.63) is 34.5 Å². The van der Waals surface area contributed by atoms with E-state index in [9.17, 15) is 22.7 Å². The van der Waals surface area contributed by atoms with Crippen LogP contribution >= 0.6 is 11.6 Å². The van der Waals surface area contributed by atoms with E-state index in [2.05, 4.69) is 5.10 Å². The van der Waals surface area contributed by atoms with Crippen molar-refractivity contribution in [3.8, 4) is 17.0 Å². The van der Waals surface area contributed by atoms with Crippen LogP contribution in [0.4, 0.5) is 17.6 Å². The number of nitrogens with zero attached hydrogens (tertiary/aromatic N) is 2. The van der Waals surface area contributed by atoms with Crippen LogP contribution in [0.25, 0.3) is 11.3 Å². The number of hydrogen-bond acceptors (Lipinski definition) is 5. The molecule has 0 amide bonds. The molecule has 0 unspecified atom stereocenters. The van der Waals surface area contributed by atoms with E-state index in [0.717, 1.165) is 0 Å². The predicted molar refractivity (Wildman–Crippen MR) is 107 cm³/mol. The molecule has 32 heavy (non-hydrogen) atoms. The van der Waals surface area contributed by atoms with Crippen molar-refractivity contribution in [1.82, 2.24) is 9.78 Å². The first kappa shape index (κ1) is 25.8. The fourth-order valence-electron chi connectivity index (χ4n) is 3.72. The van der Waals surface area contributed by atoms with Gasteiger partial charge in [0.15, 0.2) is 0 Å². The molecule has 2 aromatic rings. The van der Waals surface area contributed by atoms with Gasteiger partial charge in [-0.2, -0.15) is 23.5 Å². The van der Waals surface area contributed by atoms with Gasteiger partial charge in [0.25, 0.3) is 0 Å². The second-order valence-corrected chi connectivity index (χ2v) is 7.72. The minimum Gasteiger partial charge on any atom is -0.434 e. The van der Waals surface area contributed by atoms with Crippen molar-refractivity contribution in [2.24, 2.45) is 0 Å². The van der Waals surface area contributed by atoms with E-state index in [1.807, 2.05) is 13.8 Å². The number of aliphatic hydroxyl groups is 1. The topological polar surface area (TPSA) is 81.4 Å². The molecule has 1 aromatic heterocycles. The van der Waals surface area contributed by atoms with Crippen molar-refractivity contribution in [2.75, 3.05) is 0 Å². The maximum absolute atomic E-state index is 13.5. The SMILES string of the molecule is CCc1nn(CC)c(-c2ccc(C3(O)CCC(F)(F)CC3)cc2OC(F)F)c1Cl.O=C=O. The lowest BCUT2D eigenvalue weighted by atomic mass is 9.78. The van der Waals surface area contributed by atoms with Crippen LogP contribution in [0.2, 0.25) is 5.02 Å².